The Balaban J connectivity index is 1.92. The Hall–Kier alpha value is -3.07. The molecule has 0 radical (unpaired) electrons. The van der Waals surface area contributed by atoms with Crippen molar-refractivity contribution in [2.45, 2.75) is 13.3 Å². The second kappa shape index (κ2) is 5.51. The molecule has 0 saturated heterocycles. The van der Waals surface area contributed by atoms with Crippen LogP contribution in [0.3, 0.4) is 0 Å². The van der Waals surface area contributed by atoms with Gasteiger partial charge in [-0.2, -0.15) is 5.26 Å². The first kappa shape index (κ1) is 12.9. The van der Waals surface area contributed by atoms with Crippen molar-refractivity contribution >= 4 is 5.70 Å². The van der Waals surface area contributed by atoms with Crippen molar-refractivity contribution < 1.29 is 0 Å². The molecule has 0 N–H and O–H groups in total. The smallest absolute Gasteiger partial charge is 0.223 e. The summed E-state index contributed by atoms with van der Waals surface area (Å²) in [5.41, 5.74) is 3.20. The van der Waals surface area contributed by atoms with Crippen LogP contribution in [0.4, 0.5) is 0 Å². The Kier molecular flexibility index (Phi) is 3.39. The van der Waals surface area contributed by atoms with Crippen molar-refractivity contribution in [2.24, 2.45) is 0 Å². The summed E-state index contributed by atoms with van der Waals surface area (Å²) < 4.78 is 0. The van der Waals surface area contributed by atoms with Crippen molar-refractivity contribution in [3.05, 3.63) is 53.8 Å². The van der Waals surface area contributed by atoms with E-state index in [9.17, 15) is 0 Å². The van der Waals surface area contributed by atoms with E-state index in [1.54, 1.807) is 12.3 Å². The summed E-state index contributed by atoms with van der Waals surface area (Å²) in [5.74, 6) is 0.492. The van der Waals surface area contributed by atoms with Gasteiger partial charge in [0.15, 0.2) is 0 Å². The van der Waals surface area contributed by atoms with Gasteiger partial charge in [-0.25, -0.2) is 0 Å². The van der Waals surface area contributed by atoms with E-state index in [0.717, 1.165) is 17.0 Å². The molecule has 0 bridgehead atoms. The van der Waals surface area contributed by atoms with Gasteiger partial charge in [-0.1, -0.05) is 18.2 Å². The molecule has 6 heteroatoms. The predicted octanol–water partition coefficient (Wildman–Crippen LogP) is 2.29. The predicted molar refractivity (Wildman–Crippen MR) is 77.5 cm³/mol. The van der Waals surface area contributed by atoms with Gasteiger partial charge in [0.2, 0.25) is 5.82 Å². The molecule has 6 nitrogen and oxygen atoms in total. The van der Waals surface area contributed by atoms with Gasteiger partial charge in [-0.3, -0.25) is 4.98 Å². The minimum atomic E-state index is 0.492. The lowest BCUT2D eigenvalue weighted by Gasteiger charge is -2.00. The Labute approximate surface area is 121 Å². The molecule has 0 unspecified atom stereocenters. The maximum Gasteiger partial charge on any atom is 0.223 e. The van der Waals surface area contributed by atoms with E-state index in [2.05, 4.69) is 26.5 Å². The normalized spacial score (nSPS) is 14.1. The van der Waals surface area contributed by atoms with Gasteiger partial charge < -0.3 is 0 Å². The molecule has 2 heterocycles. The fourth-order valence-corrected chi connectivity index (χ4v) is 2.00. The number of allylic oxidation sites excluding steroid dienone is 6. The van der Waals surface area contributed by atoms with Crippen molar-refractivity contribution in [2.75, 3.05) is 0 Å². The van der Waals surface area contributed by atoms with Gasteiger partial charge in [0.1, 0.15) is 5.69 Å². The second-order valence-electron chi connectivity index (χ2n) is 4.56. The number of aryl methyl sites for hydroxylation is 1. The molecule has 0 fully saturated rings. The molecule has 2 aromatic heterocycles. The largest absolute Gasteiger partial charge is 0.252 e. The average molecular weight is 276 g/mol. The summed E-state index contributed by atoms with van der Waals surface area (Å²) in [7, 11) is 0. The second-order valence-corrected chi connectivity index (χ2v) is 4.56. The van der Waals surface area contributed by atoms with Gasteiger partial charge in [0.25, 0.3) is 0 Å². The molecule has 1 aliphatic rings. The monoisotopic (exact) mass is 276 g/mol. The third-order valence-electron chi connectivity index (χ3n) is 3.12. The van der Waals surface area contributed by atoms with E-state index < -0.39 is 0 Å². The molecule has 102 valence electrons. The maximum atomic E-state index is 8.90. The molecule has 0 aromatic carbocycles. The van der Waals surface area contributed by atoms with E-state index >= 15 is 0 Å². The van der Waals surface area contributed by atoms with Crippen LogP contribution in [-0.4, -0.2) is 25.2 Å². The van der Waals surface area contributed by atoms with Crippen molar-refractivity contribution in [1.82, 2.24) is 25.2 Å². The van der Waals surface area contributed by atoms with Crippen LogP contribution < -0.4 is 0 Å². The Bertz CT molecular complexity index is 804. The fourth-order valence-electron chi connectivity index (χ4n) is 2.00. The molecular formula is C15H12N6. The Morgan fingerprint density at radius 2 is 2.29 bits per heavy atom. The lowest BCUT2D eigenvalue weighted by molar-refractivity contribution is 0.723. The first-order valence-electron chi connectivity index (χ1n) is 6.48. The van der Waals surface area contributed by atoms with E-state index in [1.807, 2.05) is 37.3 Å². The molecule has 3 rings (SSSR count). The van der Waals surface area contributed by atoms with Crippen LogP contribution in [0.15, 0.2) is 48.2 Å². The Morgan fingerprint density at radius 3 is 3.10 bits per heavy atom. The minimum Gasteiger partial charge on any atom is -0.252 e. The zero-order valence-electron chi connectivity index (χ0n) is 11.4. The average Bonchev–Trinajstić information content (AvgIpc) is 2.86. The molecule has 21 heavy (non-hydrogen) atoms. The number of aromatic nitrogens is 5. The van der Waals surface area contributed by atoms with Gasteiger partial charge in [0, 0.05) is 18.2 Å². The van der Waals surface area contributed by atoms with Crippen LogP contribution in [0, 0.1) is 18.3 Å². The molecule has 1 aliphatic carbocycles. The highest BCUT2D eigenvalue weighted by atomic mass is 15.6. The molecular weight excluding hydrogens is 264 g/mol. The van der Waals surface area contributed by atoms with Crippen LogP contribution in [0.25, 0.3) is 17.2 Å². The molecule has 0 aliphatic heterocycles. The SMILES string of the molecule is Cc1cccnc1-c1nnn(C2=CC=CC(C#N)=CC2)n1. The van der Waals surface area contributed by atoms with Crippen molar-refractivity contribution in [1.29, 1.82) is 5.26 Å². The highest BCUT2D eigenvalue weighted by molar-refractivity contribution is 5.56. The van der Waals surface area contributed by atoms with Gasteiger partial charge in [-0.15, -0.1) is 15.0 Å². The minimum absolute atomic E-state index is 0.492. The zero-order chi connectivity index (χ0) is 14.7. The highest BCUT2D eigenvalue weighted by Crippen LogP contribution is 2.18. The van der Waals surface area contributed by atoms with Gasteiger partial charge in [0.05, 0.1) is 11.8 Å². The third-order valence-corrected chi connectivity index (χ3v) is 3.12. The molecule has 0 spiro atoms. The summed E-state index contributed by atoms with van der Waals surface area (Å²) in [6.45, 7) is 1.96. The molecule has 0 amide bonds. The topological polar surface area (TPSA) is 80.3 Å². The number of pyridine rings is 1. The lowest BCUT2D eigenvalue weighted by atomic mass is 10.2. The number of hydrogen-bond donors (Lipinski definition) is 0. The quantitative estimate of drug-likeness (QED) is 0.840. The number of hydrogen-bond acceptors (Lipinski definition) is 5. The van der Waals surface area contributed by atoms with E-state index in [-0.39, 0.29) is 0 Å². The van der Waals surface area contributed by atoms with Crippen LogP contribution in [0.1, 0.15) is 12.0 Å². The van der Waals surface area contributed by atoms with Gasteiger partial charge in [-0.05, 0) is 35.9 Å². The molecule has 0 atom stereocenters. The number of rotatable bonds is 2. The summed E-state index contributed by atoms with van der Waals surface area (Å²) in [6, 6.07) is 5.95. The zero-order valence-corrected chi connectivity index (χ0v) is 11.4. The highest BCUT2D eigenvalue weighted by Gasteiger charge is 2.12. The van der Waals surface area contributed by atoms with Gasteiger partial charge >= 0.3 is 0 Å². The van der Waals surface area contributed by atoms with Crippen molar-refractivity contribution in [3.8, 4) is 17.6 Å². The fraction of sp³-hybridized carbons (Fsp3) is 0.133. The molecule has 0 saturated carbocycles. The first-order valence-corrected chi connectivity index (χ1v) is 6.48. The Morgan fingerprint density at radius 1 is 1.38 bits per heavy atom. The third kappa shape index (κ3) is 2.62. The van der Waals surface area contributed by atoms with Crippen LogP contribution in [-0.2, 0) is 0 Å². The standard InChI is InChI=1S/C15H12N6/c1-11-4-3-9-17-14(11)15-18-20-21(19-15)13-6-2-5-12(10-16)7-8-13/h2-7,9H,8H2,1H3. The summed E-state index contributed by atoms with van der Waals surface area (Å²) >= 11 is 0. The van der Waals surface area contributed by atoms with Crippen molar-refractivity contribution in [3.63, 3.8) is 0 Å². The van der Waals surface area contributed by atoms with E-state index in [0.29, 0.717) is 17.8 Å². The first-order chi connectivity index (χ1) is 10.3. The lowest BCUT2D eigenvalue weighted by Crippen LogP contribution is -2.01. The molecule has 2 aromatic rings. The summed E-state index contributed by atoms with van der Waals surface area (Å²) in [4.78, 5) is 5.76. The number of nitrogens with zero attached hydrogens (tertiary/aromatic N) is 6. The number of nitriles is 1. The summed E-state index contributed by atoms with van der Waals surface area (Å²) in [5, 5.41) is 21.4. The number of tetrazole rings is 1. The van der Waals surface area contributed by atoms with Crippen LogP contribution in [0.2, 0.25) is 0 Å². The van der Waals surface area contributed by atoms with Crippen LogP contribution in [0.5, 0.6) is 0 Å². The van der Waals surface area contributed by atoms with E-state index in [4.69, 9.17) is 5.26 Å². The summed E-state index contributed by atoms with van der Waals surface area (Å²) in [6.07, 6.45) is 9.56. The van der Waals surface area contributed by atoms with E-state index in [1.165, 1.54) is 4.80 Å². The van der Waals surface area contributed by atoms with Crippen LogP contribution >= 0.6 is 0 Å². The maximum absolute atomic E-state index is 8.90.